The Morgan fingerprint density at radius 1 is 1.07 bits per heavy atom. The SMILES string of the molecule is Cc1ncsc1-c1ccc([C@@H](N)CC(=O)NCCCCCCCCCN)cc1. The number of hydrogen-bond acceptors (Lipinski definition) is 5. The molecule has 0 fully saturated rings. The summed E-state index contributed by atoms with van der Waals surface area (Å²) in [4.78, 5) is 17.6. The highest BCUT2D eigenvalue weighted by Crippen LogP contribution is 2.28. The zero-order chi connectivity index (χ0) is 20.2. The van der Waals surface area contributed by atoms with E-state index in [0.717, 1.165) is 49.2 Å². The highest BCUT2D eigenvalue weighted by molar-refractivity contribution is 7.13. The van der Waals surface area contributed by atoms with E-state index in [1.54, 1.807) is 11.3 Å². The predicted molar refractivity (Wildman–Crippen MR) is 118 cm³/mol. The Morgan fingerprint density at radius 2 is 1.71 bits per heavy atom. The first-order valence-corrected chi connectivity index (χ1v) is 11.2. The van der Waals surface area contributed by atoms with E-state index in [2.05, 4.69) is 22.4 Å². The second-order valence-corrected chi connectivity index (χ2v) is 8.17. The van der Waals surface area contributed by atoms with Crippen molar-refractivity contribution in [3.8, 4) is 10.4 Å². The minimum atomic E-state index is -0.279. The number of amides is 1. The van der Waals surface area contributed by atoms with Crippen molar-refractivity contribution in [3.05, 3.63) is 41.0 Å². The molecule has 0 spiro atoms. The van der Waals surface area contributed by atoms with Gasteiger partial charge in [-0.3, -0.25) is 4.79 Å². The van der Waals surface area contributed by atoms with E-state index < -0.39 is 0 Å². The van der Waals surface area contributed by atoms with Gasteiger partial charge in [0.05, 0.1) is 16.1 Å². The number of unbranched alkanes of at least 4 members (excludes halogenated alkanes) is 6. The molecular formula is C22H34N4OS. The van der Waals surface area contributed by atoms with Crippen LogP contribution in [0.3, 0.4) is 0 Å². The first-order chi connectivity index (χ1) is 13.6. The fourth-order valence-electron chi connectivity index (χ4n) is 3.23. The molecule has 0 aliphatic heterocycles. The highest BCUT2D eigenvalue weighted by atomic mass is 32.1. The summed E-state index contributed by atoms with van der Waals surface area (Å²) in [6.45, 7) is 3.54. The van der Waals surface area contributed by atoms with E-state index >= 15 is 0 Å². The minimum Gasteiger partial charge on any atom is -0.356 e. The minimum absolute atomic E-state index is 0.0258. The molecule has 2 aromatic rings. The summed E-state index contributed by atoms with van der Waals surface area (Å²) in [5.74, 6) is 0.0258. The number of carbonyl (C=O) groups is 1. The van der Waals surface area contributed by atoms with Gasteiger partial charge < -0.3 is 16.8 Å². The molecule has 0 radical (unpaired) electrons. The highest BCUT2D eigenvalue weighted by Gasteiger charge is 2.12. The topological polar surface area (TPSA) is 94.0 Å². The number of benzene rings is 1. The van der Waals surface area contributed by atoms with Gasteiger partial charge in [0, 0.05) is 19.0 Å². The van der Waals surface area contributed by atoms with E-state index in [9.17, 15) is 4.79 Å². The molecular weight excluding hydrogens is 368 g/mol. The maximum Gasteiger partial charge on any atom is 0.221 e. The normalized spacial score (nSPS) is 12.1. The molecule has 1 aromatic heterocycles. The van der Waals surface area contributed by atoms with Crippen molar-refractivity contribution in [2.45, 2.75) is 64.3 Å². The molecule has 5 N–H and O–H groups in total. The van der Waals surface area contributed by atoms with Gasteiger partial charge in [-0.25, -0.2) is 4.98 Å². The molecule has 0 saturated carbocycles. The summed E-state index contributed by atoms with van der Waals surface area (Å²) < 4.78 is 0. The maximum absolute atomic E-state index is 12.1. The van der Waals surface area contributed by atoms with Crippen LogP contribution in [0.2, 0.25) is 0 Å². The number of nitrogens with two attached hydrogens (primary N) is 2. The molecule has 28 heavy (non-hydrogen) atoms. The molecule has 1 amide bonds. The molecule has 0 aliphatic carbocycles. The lowest BCUT2D eigenvalue weighted by atomic mass is 10.0. The van der Waals surface area contributed by atoms with Gasteiger partial charge in [0.1, 0.15) is 0 Å². The Hall–Kier alpha value is -1.76. The van der Waals surface area contributed by atoms with Crippen molar-refractivity contribution >= 4 is 17.2 Å². The fraction of sp³-hybridized carbons (Fsp3) is 0.545. The summed E-state index contributed by atoms with van der Waals surface area (Å²) in [5, 5.41) is 2.99. The molecule has 0 aliphatic rings. The number of aromatic nitrogens is 1. The van der Waals surface area contributed by atoms with Crippen molar-refractivity contribution in [1.82, 2.24) is 10.3 Å². The molecule has 5 nitrogen and oxygen atoms in total. The van der Waals surface area contributed by atoms with Crippen LogP contribution in [0.25, 0.3) is 10.4 Å². The molecule has 2 rings (SSSR count). The van der Waals surface area contributed by atoms with E-state index in [1.807, 2.05) is 24.6 Å². The number of carbonyl (C=O) groups excluding carboxylic acids is 1. The second kappa shape index (κ2) is 12.6. The number of hydrogen-bond donors (Lipinski definition) is 3. The van der Waals surface area contributed by atoms with E-state index in [4.69, 9.17) is 11.5 Å². The summed E-state index contributed by atoms with van der Waals surface area (Å²) in [6.07, 6.45) is 8.62. The van der Waals surface area contributed by atoms with E-state index in [1.165, 1.54) is 30.6 Å². The van der Waals surface area contributed by atoms with Crippen LogP contribution in [0.5, 0.6) is 0 Å². The van der Waals surface area contributed by atoms with Crippen molar-refractivity contribution in [2.24, 2.45) is 11.5 Å². The third-order valence-corrected chi connectivity index (χ3v) is 5.93. The molecule has 1 heterocycles. The van der Waals surface area contributed by atoms with E-state index in [-0.39, 0.29) is 11.9 Å². The zero-order valence-corrected chi connectivity index (χ0v) is 17.8. The lowest BCUT2D eigenvalue weighted by Gasteiger charge is -2.13. The van der Waals surface area contributed by atoms with Gasteiger partial charge in [-0.1, -0.05) is 56.4 Å². The van der Waals surface area contributed by atoms with Crippen LogP contribution in [0.1, 0.15) is 68.7 Å². The van der Waals surface area contributed by atoms with Crippen LogP contribution in [0, 0.1) is 6.92 Å². The lowest BCUT2D eigenvalue weighted by Crippen LogP contribution is -2.28. The summed E-state index contributed by atoms with van der Waals surface area (Å²) in [6, 6.07) is 7.86. The first kappa shape index (κ1) is 22.5. The van der Waals surface area contributed by atoms with Crippen molar-refractivity contribution in [1.29, 1.82) is 0 Å². The average molecular weight is 403 g/mol. The van der Waals surface area contributed by atoms with Crippen LogP contribution in [-0.4, -0.2) is 24.0 Å². The average Bonchev–Trinajstić information content (AvgIpc) is 3.12. The van der Waals surface area contributed by atoms with Gasteiger partial charge in [-0.15, -0.1) is 11.3 Å². The van der Waals surface area contributed by atoms with Crippen LogP contribution in [0.15, 0.2) is 29.8 Å². The number of nitrogens with one attached hydrogen (secondary N) is 1. The zero-order valence-electron chi connectivity index (χ0n) is 17.0. The molecule has 0 saturated heterocycles. The van der Waals surface area contributed by atoms with Gasteiger partial charge >= 0.3 is 0 Å². The number of rotatable bonds is 13. The molecule has 1 aromatic carbocycles. The van der Waals surface area contributed by atoms with E-state index in [0.29, 0.717) is 6.42 Å². The number of nitrogens with zero attached hydrogens (tertiary/aromatic N) is 1. The quantitative estimate of drug-likeness (QED) is 0.435. The molecule has 6 heteroatoms. The first-order valence-electron chi connectivity index (χ1n) is 10.3. The van der Waals surface area contributed by atoms with Gasteiger partial charge in [0.25, 0.3) is 0 Å². The van der Waals surface area contributed by atoms with Gasteiger partial charge in [0.2, 0.25) is 5.91 Å². The van der Waals surface area contributed by atoms with Gasteiger partial charge in [-0.05, 0) is 37.4 Å². The third-order valence-electron chi connectivity index (χ3n) is 4.95. The Kier molecular flexibility index (Phi) is 10.2. The summed E-state index contributed by atoms with van der Waals surface area (Å²) in [7, 11) is 0. The Bertz CT molecular complexity index is 699. The third kappa shape index (κ3) is 7.70. The maximum atomic E-state index is 12.1. The Labute approximate surface area is 172 Å². The smallest absolute Gasteiger partial charge is 0.221 e. The van der Waals surface area contributed by atoms with Crippen LogP contribution in [0.4, 0.5) is 0 Å². The fourth-order valence-corrected chi connectivity index (χ4v) is 4.04. The van der Waals surface area contributed by atoms with Crippen molar-refractivity contribution in [3.63, 3.8) is 0 Å². The molecule has 0 unspecified atom stereocenters. The second-order valence-electron chi connectivity index (χ2n) is 7.31. The summed E-state index contributed by atoms with van der Waals surface area (Å²) in [5.41, 5.74) is 16.7. The standard InChI is InChI=1S/C22H34N4OS/c1-17-22(28-16-26-17)19-11-9-18(10-12-19)20(24)15-21(27)25-14-8-6-4-2-3-5-7-13-23/h9-12,16,20H,2-8,13-15,23-24H2,1H3,(H,25,27)/t20-/m0/s1. The monoisotopic (exact) mass is 402 g/mol. The largest absolute Gasteiger partial charge is 0.356 e. The predicted octanol–water partition coefficient (Wildman–Crippen LogP) is 4.31. The number of aryl methyl sites for hydroxylation is 1. The summed E-state index contributed by atoms with van der Waals surface area (Å²) >= 11 is 1.64. The van der Waals surface area contributed by atoms with Crippen molar-refractivity contribution in [2.75, 3.05) is 13.1 Å². The lowest BCUT2D eigenvalue weighted by molar-refractivity contribution is -0.121. The molecule has 0 bridgehead atoms. The van der Waals surface area contributed by atoms with Crippen LogP contribution >= 0.6 is 11.3 Å². The molecule has 1 atom stereocenters. The van der Waals surface area contributed by atoms with Crippen molar-refractivity contribution < 1.29 is 4.79 Å². The van der Waals surface area contributed by atoms with Gasteiger partial charge in [-0.2, -0.15) is 0 Å². The van der Waals surface area contributed by atoms with Crippen LogP contribution < -0.4 is 16.8 Å². The molecule has 154 valence electrons. The van der Waals surface area contributed by atoms with Gasteiger partial charge in [0.15, 0.2) is 0 Å². The Balaban J connectivity index is 1.63. The Morgan fingerprint density at radius 3 is 2.32 bits per heavy atom. The van der Waals surface area contributed by atoms with Crippen LogP contribution in [-0.2, 0) is 4.79 Å². The number of thiazole rings is 1.